The molecule has 3 nitrogen and oxygen atoms in total. The van der Waals surface area contributed by atoms with Crippen molar-refractivity contribution in [3.8, 4) is 0 Å². The Balaban J connectivity index is 1.84. The molecule has 2 aliphatic rings. The van der Waals surface area contributed by atoms with Crippen molar-refractivity contribution in [1.82, 2.24) is 5.32 Å². The van der Waals surface area contributed by atoms with Gasteiger partial charge < -0.3 is 10.4 Å². The molecular formula is C14H25NO2. The van der Waals surface area contributed by atoms with E-state index in [1.807, 2.05) is 0 Å². The second-order valence-electron chi connectivity index (χ2n) is 7.07. The van der Waals surface area contributed by atoms with Crippen molar-refractivity contribution in [2.75, 3.05) is 13.2 Å². The Morgan fingerprint density at radius 3 is 2.12 bits per heavy atom. The van der Waals surface area contributed by atoms with Gasteiger partial charge in [-0.1, -0.05) is 27.7 Å². The van der Waals surface area contributed by atoms with E-state index in [4.69, 9.17) is 5.11 Å². The van der Waals surface area contributed by atoms with Crippen LogP contribution < -0.4 is 5.32 Å². The molecular weight excluding hydrogens is 214 g/mol. The van der Waals surface area contributed by atoms with Gasteiger partial charge in [0.15, 0.2) is 0 Å². The first kappa shape index (κ1) is 12.9. The van der Waals surface area contributed by atoms with Crippen molar-refractivity contribution in [3.05, 3.63) is 0 Å². The van der Waals surface area contributed by atoms with Crippen LogP contribution in [0.15, 0.2) is 0 Å². The molecule has 0 aromatic rings. The van der Waals surface area contributed by atoms with Crippen LogP contribution in [0.1, 0.15) is 47.0 Å². The summed E-state index contributed by atoms with van der Waals surface area (Å²) in [5.74, 6) is 0.337. The summed E-state index contributed by atoms with van der Waals surface area (Å²) >= 11 is 0. The number of hydrogen-bond acceptors (Lipinski definition) is 2. The highest BCUT2D eigenvalue weighted by molar-refractivity contribution is 5.84. The molecule has 0 atom stereocenters. The Bertz CT molecular complexity index is 315. The summed E-state index contributed by atoms with van der Waals surface area (Å²) in [6, 6.07) is 0. The molecule has 98 valence electrons. The summed E-state index contributed by atoms with van der Waals surface area (Å²) in [6.07, 6.45) is 3.11. The highest BCUT2D eigenvalue weighted by Crippen LogP contribution is 2.68. The van der Waals surface area contributed by atoms with Gasteiger partial charge in [-0.15, -0.1) is 0 Å². The van der Waals surface area contributed by atoms with E-state index in [-0.39, 0.29) is 34.7 Å². The van der Waals surface area contributed by atoms with Crippen LogP contribution in [0, 0.1) is 22.2 Å². The van der Waals surface area contributed by atoms with Gasteiger partial charge in [0.05, 0.1) is 0 Å². The molecule has 0 unspecified atom stereocenters. The van der Waals surface area contributed by atoms with Gasteiger partial charge in [0.2, 0.25) is 5.91 Å². The number of nitrogens with one attached hydrogen (secondary N) is 1. The zero-order valence-electron chi connectivity index (χ0n) is 11.5. The van der Waals surface area contributed by atoms with E-state index in [1.54, 1.807) is 0 Å². The van der Waals surface area contributed by atoms with Crippen LogP contribution in [-0.2, 0) is 4.79 Å². The van der Waals surface area contributed by atoms with Crippen molar-refractivity contribution < 1.29 is 9.90 Å². The lowest BCUT2D eigenvalue weighted by Gasteiger charge is -2.15. The zero-order valence-corrected chi connectivity index (χ0v) is 11.5. The standard InChI is InChI=1S/C14H25NO2/c1-12(2)10(13(12,3)4)11(17)15-9-14(5-6-14)7-8-16/h10,16H,5-9H2,1-4H3,(H,15,17). The maximum absolute atomic E-state index is 12.1. The smallest absolute Gasteiger partial charge is 0.224 e. The molecule has 2 rings (SSSR count). The normalized spacial score (nSPS) is 27.6. The zero-order chi connectivity index (χ0) is 12.9. The van der Waals surface area contributed by atoms with Crippen LogP contribution in [0.25, 0.3) is 0 Å². The quantitative estimate of drug-likeness (QED) is 0.770. The van der Waals surface area contributed by atoms with Crippen LogP contribution in [0.2, 0.25) is 0 Å². The fourth-order valence-electron chi connectivity index (χ4n) is 3.16. The van der Waals surface area contributed by atoms with E-state index in [2.05, 4.69) is 33.0 Å². The lowest BCUT2D eigenvalue weighted by molar-refractivity contribution is -0.123. The van der Waals surface area contributed by atoms with Crippen molar-refractivity contribution in [2.24, 2.45) is 22.2 Å². The molecule has 0 aromatic carbocycles. The molecule has 0 saturated heterocycles. The topological polar surface area (TPSA) is 49.3 Å². The molecule has 2 N–H and O–H groups in total. The van der Waals surface area contributed by atoms with Gasteiger partial charge in [0, 0.05) is 19.1 Å². The molecule has 0 bridgehead atoms. The first-order valence-corrected chi connectivity index (χ1v) is 6.65. The number of carbonyl (C=O) groups is 1. The predicted molar refractivity (Wildman–Crippen MR) is 67.4 cm³/mol. The van der Waals surface area contributed by atoms with Gasteiger partial charge in [0.1, 0.15) is 0 Å². The third-order valence-corrected chi connectivity index (χ3v) is 5.52. The second-order valence-corrected chi connectivity index (χ2v) is 7.07. The third kappa shape index (κ3) is 1.99. The van der Waals surface area contributed by atoms with Crippen molar-refractivity contribution in [2.45, 2.75) is 47.0 Å². The Morgan fingerprint density at radius 2 is 1.76 bits per heavy atom. The molecule has 0 radical (unpaired) electrons. The van der Waals surface area contributed by atoms with Gasteiger partial charge in [-0.3, -0.25) is 4.79 Å². The maximum Gasteiger partial charge on any atom is 0.224 e. The molecule has 2 aliphatic carbocycles. The Labute approximate surface area is 104 Å². The SMILES string of the molecule is CC1(C)C(C(=O)NCC2(CCO)CC2)C1(C)C. The first-order chi connectivity index (χ1) is 7.77. The largest absolute Gasteiger partial charge is 0.396 e. The number of aliphatic hydroxyl groups is 1. The summed E-state index contributed by atoms with van der Waals surface area (Å²) in [5.41, 5.74) is 0.448. The Kier molecular flexibility index (Phi) is 2.81. The molecule has 0 heterocycles. The van der Waals surface area contributed by atoms with E-state index in [0.29, 0.717) is 0 Å². The summed E-state index contributed by atoms with van der Waals surface area (Å²) in [4.78, 5) is 12.1. The fourth-order valence-corrected chi connectivity index (χ4v) is 3.16. The summed E-state index contributed by atoms with van der Waals surface area (Å²) < 4.78 is 0. The number of rotatable bonds is 5. The number of hydrogen-bond donors (Lipinski definition) is 2. The van der Waals surface area contributed by atoms with Crippen LogP contribution in [0.5, 0.6) is 0 Å². The van der Waals surface area contributed by atoms with Crippen molar-refractivity contribution in [1.29, 1.82) is 0 Å². The molecule has 17 heavy (non-hydrogen) atoms. The van der Waals surface area contributed by atoms with Crippen LogP contribution in [0.3, 0.4) is 0 Å². The molecule has 1 amide bonds. The van der Waals surface area contributed by atoms with Gasteiger partial charge in [-0.2, -0.15) is 0 Å². The average Bonchev–Trinajstić information content (AvgIpc) is 3.03. The van der Waals surface area contributed by atoms with Crippen LogP contribution in [0.4, 0.5) is 0 Å². The fraction of sp³-hybridized carbons (Fsp3) is 0.929. The number of amides is 1. The molecule has 0 aromatic heterocycles. The summed E-state index contributed by atoms with van der Waals surface area (Å²) in [5, 5.41) is 12.1. The first-order valence-electron chi connectivity index (χ1n) is 6.65. The van der Waals surface area contributed by atoms with Gasteiger partial charge in [0.25, 0.3) is 0 Å². The Morgan fingerprint density at radius 1 is 1.24 bits per heavy atom. The minimum absolute atomic E-state index is 0.116. The molecule has 0 spiro atoms. The molecule has 2 fully saturated rings. The van der Waals surface area contributed by atoms with Gasteiger partial charge >= 0.3 is 0 Å². The van der Waals surface area contributed by atoms with E-state index in [0.717, 1.165) is 25.8 Å². The number of carbonyl (C=O) groups excluding carboxylic acids is 1. The molecule has 0 aliphatic heterocycles. The number of aliphatic hydroxyl groups excluding tert-OH is 1. The third-order valence-electron chi connectivity index (χ3n) is 5.52. The van der Waals surface area contributed by atoms with Crippen LogP contribution >= 0.6 is 0 Å². The lowest BCUT2D eigenvalue weighted by atomic mass is 10.0. The summed E-state index contributed by atoms with van der Waals surface area (Å²) in [6.45, 7) is 9.64. The van der Waals surface area contributed by atoms with E-state index < -0.39 is 0 Å². The highest BCUT2D eigenvalue weighted by atomic mass is 16.3. The monoisotopic (exact) mass is 239 g/mol. The minimum atomic E-state index is 0.116. The summed E-state index contributed by atoms with van der Waals surface area (Å²) in [7, 11) is 0. The van der Waals surface area contributed by atoms with Crippen LogP contribution in [-0.4, -0.2) is 24.2 Å². The van der Waals surface area contributed by atoms with E-state index >= 15 is 0 Å². The van der Waals surface area contributed by atoms with E-state index in [1.165, 1.54) is 0 Å². The maximum atomic E-state index is 12.1. The van der Waals surface area contributed by atoms with Crippen molar-refractivity contribution >= 4 is 5.91 Å². The molecule has 3 heteroatoms. The van der Waals surface area contributed by atoms with Gasteiger partial charge in [-0.25, -0.2) is 0 Å². The average molecular weight is 239 g/mol. The Hall–Kier alpha value is -0.570. The predicted octanol–water partition coefficient (Wildman–Crippen LogP) is 1.95. The lowest BCUT2D eigenvalue weighted by Crippen LogP contribution is -2.33. The second kappa shape index (κ2) is 3.71. The minimum Gasteiger partial charge on any atom is -0.396 e. The highest BCUT2D eigenvalue weighted by Gasteiger charge is 2.68. The van der Waals surface area contributed by atoms with Crippen molar-refractivity contribution in [3.63, 3.8) is 0 Å². The van der Waals surface area contributed by atoms with Gasteiger partial charge in [-0.05, 0) is 35.5 Å². The molecule has 2 saturated carbocycles. The van der Waals surface area contributed by atoms with E-state index in [9.17, 15) is 4.79 Å².